The van der Waals surface area contributed by atoms with Crippen LogP contribution < -0.4 is 5.32 Å². The second-order valence-corrected chi connectivity index (χ2v) is 5.91. The van der Waals surface area contributed by atoms with E-state index in [9.17, 15) is 4.79 Å². The van der Waals surface area contributed by atoms with Crippen molar-refractivity contribution in [1.82, 2.24) is 4.90 Å². The van der Waals surface area contributed by atoms with Crippen molar-refractivity contribution in [2.45, 2.75) is 13.5 Å². The molecule has 0 spiro atoms. The number of nitrogens with zero attached hydrogens (tertiary/aromatic N) is 2. The molecule has 0 radical (unpaired) electrons. The lowest BCUT2D eigenvalue weighted by Gasteiger charge is -2.18. The third kappa shape index (κ3) is 4.09. The Hall–Kier alpha value is -2.32. The topological polar surface area (TPSA) is 56.1 Å². The van der Waals surface area contributed by atoms with Gasteiger partial charge in [-0.1, -0.05) is 34.1 Å². The second-order valence-electron chi connectivity index (χ2n) is 5.06. The second kappa shape index (κ2) is 7.10. The molecule has 0 bridgehead atoms. The van der Waals surface area contributed by atoms with Crippen molar-refractivity contribution in [3.63, 3.8) is 0 Å². The summed E-state index contributed by atoms with van der Waals surface area (Å²) in [5.74, 6) is 0. The SMILES string of the molecule is Cc1ccc(NC(=O)N(C)Cc2ccc(C#N)cc2)cc1Br. The van der Waals surface area contributed by atoms with Gasteiger partial charge in [0.25, 0.3) is 0 Å². The summed E-state index contributed by atoms with van der Waals surface area (Å²) in [6.45, 7) is 2.47. The number of carbonyl (C=O) groups is 1. The monoisotopic (exact) mass is 357 g/mol. The number of nitriles is 1. The van der Waals surface area contributed by atoms with Gasteiger partial charge in [0, 0.05) is 23.8 Å². The quantitative estimate of drug-likeness (QED) is 0.890. The molecular formula is C17H16BrN3O. The minimum absolute atomic E-state index is 0.180. The van der Waals surface area contributed by atoms with Crippen molar-refractivity contribution >= 4 is 27.6 Å². The number of urea groups is 1. The fourth-order valence-corrected chi connectivity index (χ4v) is 2.30. The first-order chi connectivity index (χ1) is 10.5. The summed E-state index contributed by atoms with van der Waals surface area (Å²) < 4.78 is 0.958. The molecule has 112 valence electrons. The Kier molecular flexibility index (Phi) is 5.18. The van der Waals surface area contributed by atoms with E-state index in [0.29, 0.717) is 12.1 Å². The number of hydrogen-bond donors (Lipinski definition) is 1. The fourth-order valence-electron chi connectivity index (χ4n) is 1.92. The number of carbonyl (C=O) groups excluding carboxylic acids is 1. The van der Waals surface area contributed by atoms with Gasteiger partial charge in [0.2, 0.25) is 0 Å². The predicted molar refractivity (Wildman–Crippen MR) is 90.5 cm³/mol. The number of nitrogens with one attached hydrogen (secondary N) is 1. The van der Waals surface area contributed by atoms with E-state index in [1.165, 1.54) is 0 Å². The van der Waals surface area contributed by atoms with Gasteiger partial charge in [0.15, 0.2) is 0 Å². The predicted octanol–water partition coefficient (Wildman–Crippen LogP) is 4.29. The van der Waals surface area contributed by atoms with Gasteiger partial charge in [-0.05, 0) is 42.3 Å². The van der Waals surface area contributed by atoms with Crippen LogP contribution in [0.1, 0.15) is 16.7 Å². The van der Waals surface area contributed by atoms with Gasteiger partial charge in [-0.3, -0.25) is 0 Å². The largest absolute Gasteiger partial charge is 0.323 e. The van der Waals surface area contributed by atoms with Crippen LogP contribution in [-0.4, -0.2) is 18.0 Å². The highest BCUT2D eigenvalue weighted by atomic mass is 79.9. The number of halogens is 1. The highest BCUT2D eigenvalue weighted by Crippen LogP contribution is 2.21. The van der Waals surface area contributed by atoms with E-state index in [0.717, 1.165) is 21.3 Å². The molecule has 0 aliphatic rings. The molecule has 0 aromatic heterocycles. The molecule has 0 aliphatic heterocycles. The maximum atomic E-state index is 12.2. The molecule has 5 heteroatoms. The average molecular weight is 358 g/mol. The summed E-state index contributed by atoms with van der Waals surface area (Å²) >= 11 is 3.45. The summed E-state index contributed by atoms with van der Waals surface area (Å²) in [7, 11) is 1.73. The standard InChI is InChI=1S/C17H16BrN3O/c1-12-3-8-15(9-16(12)18)20-17(22)21(2)11-14-6-4-13(10-19)5-7-14/h3-9H,11H2,1-2H3,(H,20,22). The van der Waals surface area contributed by atoms with Gasteiger partial charge in [-0.15, -0.1) is 0 Å². The number of aryl methyl sites for hydroxylation is 1. The van der Waals surface area contributed by atoms with Crippen LogP contribution in [0.15, 0.2) is 46.9 Å². The molecule has 0 aliphatic carbocycles. The lowest BCUT2D eigenvalue weighted by Crippen LogP contribution is -2.30. The molecule has 4 nitrogen and oxygen atoms in total. The smallest absolute Gasteiger partial charge is 0.321 e. The van der Waals surface area contributed by atoms with E-state index in [4.69, 9.17) is 5.26 Å². The summed E-state index contributed by atoms with van der Waals surface area (Å²) in [6, 6.07) is 14.8. The lowest BCUT2D eigenvalue weighted by molar-refractivity contribution is 0.220. The van der Waals surface area contributed by atoms with Crippen LogP contribution in [0.2, 0.25) is 0 Å². The first-order valence-electron chi connectivity index (χ1n) is 6.77. The van der Waals surface area contributed by atoms with Crippen molar-refractivity contribution in [2.75, 3.05) is 12.4 Å². The first kappa shape index (κ1) is 16.1. The highest BCUT2D eigenvalue weighted by Gasteiger charge is 2.10. The third-order valence-electron chi connectivity index (χ3n) is 3.27. The minimum atomic E-state index is -0.180. The molecule has 0 fully saturated rings. The van der Waals surface area contributed by atoms with Gasteiger partial charge in [0.05, 0.1) is 11.6 Å². The Labute approximate surface area is 138 Å². The number of benzene rings is 2. The van der Waals surface area contributed by atoms with Crippen molar-refractivity contribution in [3.8, 4) is 6.07 Å². The summed E-state index contributed by atoms with van der Waals surface area (Å²) in [5, 5.41) is 11.6. The molecule has 2 amide bonds. The maximum Gasteiger partial charge on any atom is 0.321 e. The van der Waals surface area contributed by atoms with E-state index in [1.54, 1.807) is 24.1 Å². The third-order valence-corrected chi connectivity index (χ3v) is 4.13. The van der Waals surface area contributed by atoms with Gasteiger partial charge in [-0.25, -0.2) is 4.79 Å². The van der Waals surface area contributed by atoms with E-state index in [1.807, 2.05) is 37.3 Å². The summed E-state index contributed by atoms with van der Waals surface area (Å²) in [5.41, 5.74) is 3.44. The molecule has 1 N–H and O–H groups in total. The van der Waals surface area contributed by atoms with Gasteiger partial charge in [-0.2, -0.15) is 5.26 Å². The number of amides is 2. The normalized spacial score (nSPS) is 9.91. The Morgan fingerprint density at radius 2 is 1.95 bits per heavy atom. The number of anilines is 1. The van der Waals surface area contributed by atoms with Gasteiger partial charge in [0.1, 0.15) is 0 Å². The average Bonchev–Trinajstić information content (AvgIpc) is 2.51. The highest BCUT2D eigenvalue weighted by molar-refractivity contribution is 9.10. The van der Waals surface area contributed by atoms with Crippen LogP contribution >= 0.6 is 15.9 Å². The van der Waals surface area contributed by atoms with Crippen LogP contribution in [0.4, 0.5) is 10.5 Å². The summed E-state index contributed by atoms with van der Waals surface area (Å²) in [6.07, 6.45) is 0. The molecular weight excluding hydrogens is 342 g/mol. The van der Waals surface area contributed by atoms with Crippen LogP contribution in [0, 0.1) is 18.3 Å². The van der Waals surface area contributed by atoms with Crippen molar-refractivity contribution in [2.24, 2.45) is 0 Å². The Morgan fingerprint density at radius 3 is 2.55 bits per heavy atom. The van der Waals surface area contributed by atoms with Gasteiger partial charge >= 0.3 is 6.03 Å². The fraction of sp³-hybridized carbons (Fsp3) is 0.176. The van der Waals surface area contributed by atoms with E-state index < -0.39 is 0 Å². The first-order valence-corrected chi connectivity index (χ1v) is 7.56. The Morgan fingerprint density at radius 1 is 1.27 bits per heavy atom. The van der Waals surface area contributed by atoms with Crippen LogP contribution in [-0.2, 0) is 6.54 Å². The molecule has 22 heavy (non-hydrogen) atoms. The maximum absolute atomic E-state index is 12.2. The molecule has 0 saturated carbocycles. The zero-order chi connectivity index (χ0) is 16.1. The zero-order valence-corrected chi connectivity index (χ0v) is 14.0. The molecule has 0 atom stereocenters. The molecule has 2 aromatic rings. The molecule has 0 unspecified atom stereocenters. The van der Waals surface area contributed by atoms with E-state index >= 15 is 0 Å². The van der Waals surface area contributed by atoms with Crippen molar-refractivity contribution < 1.29 is 4.79 Å². The minimum Gasteiger partial charge on any atom is -0.323 e. The summed E-state index contributed by atoms with van der Waals surface area (Å²) in [4.78, 5) is 13.8. The number of rotatable bonds is 3. The Balaban J connectivity index is 1.99. The molecule has 0 saturated heterocycles. The van der Waals surface area contributed by atoms with Crippen LogP contribution in [0.5, 0.6) is 0 Å². The van der Waals surface area contributed by atoms with Crippen molar-refractivity contribution in [3.05, 3.63) is 63.6 Å². The van der Waals surface area contributed by atoms with Crippen molar-refractivity contribution in [1.29, 1.82) is 5.26 Å². The molecule has 2 rings (SSSR count). The van der Waals surface area contributed by atoms with E-state index in [2.05, 4.69) is 27.3 Å². The molecule has 2 aromatic carbocycles. The lowest BCUT2D eigenvalue weighted by atomic mass is 10.1. The zero-order valence-electron chi connectivity index (χ0n) is 12.4. The van der Waals surface area contributed by atoms with Crippen LogP contribution in [0.25, 0.3) is 0 Å². The van der Waals surface area contributed by atoms with E-state index in [-0.39, 0.29) is 6.03 Å². The van der Waals surface area contributed by atoms with Gasteiger partial charge < -0.3 is 10.2 Å². The van der Waals surface area contributed by atoms with Crippen LogP contribution in [0.3, 0.4) is 0 Å². The molecule has 0 heterocycles. The Bertz CT molecular complexity index is 720. The number of hydrogen-bond acceptors (Lipinski definition) is 2.